The van der Waals surface area contributed by atoms with Crippen molar-refractivity contribution < 1.29 is 4.39 Å². The van der Waals surface area contributed by atoms with Crippen LogP contribution in [0.4, 0.5) is 10.1 Å². The van der Waals surface area contributed by atoms with Gasteiger partial charge >= 0.3 is 0 Å². The molecule has 1 unspecified atom stereocenters. The molecule has 0 bridgehead atoms. The van der Waals surface area contributed by atoms with Crippen molar-refractivity contribution in [3.8, 4) is 0 Å². The van der Waals surface area contributed by atoms with Gasteiger partial charge in [-0.1, -0.05) is 19.1 Å². The molecule has 0 saturated heterocycles. The van der Waals surface area contributed by atoms with Crippen molar-refractivity contribution in [1.29, 1.82) is 0 Å². The molecule has 3 nitrogen and oxygen atoms in total. The van der Waals surface area contributed by atoms with E-state index in [9.17, 15) is 4.39 Å². The number of benzene rings is 1. The molecule has 0 aliphatic rings. The molecule has 0 radical (unpaired) electrons. The first-order valence-corrected chi connectivity index (χ1v) is 7.80. The maximum Gasteiger partial charge on any atom is 0.161 e. The van der Waals surface area contributed by atoms with Crippen LogP contribution in [0.25, 0.3) is 0 Å². The number of anilines is 1. The summed E-state index contributed by atoms with van der Waals surface area (Å²) in [6, 6.07) is 3.90. The summed E-state index contributed by atoms with van der Waals surface area (Å²) in [5.74, 6) is -0.360. The quantitative estimate of drug-likeness (QED) is 0.730. The molecule has 0 heterocycles. The Kier molecular flexibility index (Phi) is 6.85. The van der Waals surface area contributed by atoms with Gasteiger partial charge in [0.15, 0.2) is 5.82 Å². The van der Waals surface area contributed by atoms with E-state index >= 15 is 0 Å². The number of halogens is 2. The van der Waals surface area contributed by atoms with Crippen molar-refractivity contribution in [2.75, 3.05) is 25.5 Å². The van der Waals surface area contributed by atoms with E-state index < -0.39 is 0 Å². The van der Waals surface area contributed by atoms with Gasteiger partial charge in [-0.3, -0.25) is 0 Å². The molecule has 0 saturated carbocycles. The van der Waals surface area contributed by atoms with Crippen molar-refractivity contribution in [2.45, 2.75) is 26.3 Å². The predicted octanol–water partition coefficient (Wildman–Crippen LogP) is 3.36. The summed E-state index contributed by atoms with van der Waals surface area (Å²) in [5.41, 5.74) is 6.50. The van der Waals surface area contributed by atoms with Crippen molar-refractivity contribution in [1.82, 2.24) is 4.90 Å². The van der Waals surface area contributed by atoms with Gasteiger partial charge in [0.05, 0.1) is 10.2 Å². The minimum Gasteiger partial charge on any atom is -0.389 e. The molecule has 1 rings (SSSR count). The van der Waals surface area contributed by atoms with Crippen LogP contribution in [-0.2, 0) is 0 Å². The molecule has 112 valence electrons. The number of thiocarbonyl (C=S) groups is 1. The van der Waals surface area contributed by atoms with Crippen LogP contribution in [0.3, 0.4) is 0 Å². The molecule has 0 aromatic heterocycles. The van der Waals surface area contributed by atoms with Crippen molar-refractivity contribution >= 4 is 38.8 Å². The lowest BCUT2D eigenvalue weighted by molar-refractivity contribution is 0.261. The molecule has 20 heavy (non-hydrogen) atoms. The second-order valence-electron chi connectivity index (χ2n) is 4.82. The first-order chi connectivity index (χ1) is 9.38. The minimum atomic E-state index is -0.360. The highest BCUT2D eigenvalue weighted by atomic mass is 79.9. The van der Waals surface area contributed by atoms with E-state index in [4.69, 9.17) is 18.0 Å². The van der Waals surface area contributed by atoms with E-state index in [1.165, 1.54) is 0 Å². The van der Waals surface area contributed by atoms with Crippen LogP contribution in [-0.4, -0.2) is 36.1 Å². The summed E-state index contributed by atoms with van der Waals surface area (Å²) in [6.45, 7) is 5.85. The summed E-state index contributed by atoms with van der Waals surface area (Å²) in [5, 5.41) is 3.10. The molecule has 1 aromatic carbocycles. The van der Waals surface area contributed by atoms with Crippen LogP contribution in [0.15, 0.2) is 16.6 Å². The number of hydrogen-bond donors (Lipinski definition) is 2. The normalized spacial score (nSPS) is 12.5. The van der Waals surface area contributed by atoms with Crippen molar-refractivity contribution in [3.05, 3.63) is 28.0 Å². The predicted molar refractivity (Wildman–Crippen MR) is 90.9 cm³/mol. The zero-order chi connectivity index (χ0) is 15.3. The average Bonchev–Trinajstić information content (AvgIpc) is 2.42. The Hall–Kier alpha value is -0.720. The summed E-state index contributed by atoms with van der Waals surface area (Å²) >= 11 is 8.06. The standard InChI is InChI=1S/C14H21BrFN3S/c1-4-9(2)19(3)8-7-18-11-6-5-10(14(17)20)12(15)13(11)16/h5-6,9,18H,4,7-8H2,1-3H3,(H2,17,20). The van der Waals surface area contributed by atoms with Crippen LogP contribution < -0.4 is 11.1 Å². The molecule has 6 heteroatoms. The Balaban J connectivity index is 2.66. The van der Waals surface area contributed by atoms with Gasteiger partial charge in [0.1, 0.15) is 4.99 Å². The van der Waals surface area contributed by atoms with E-state index in [2.05, 4.69) is 47.0 Å². The highest BCUT2D eigenvalue weighted by Crippen LogP contribution is 2.26. The highest BCUT2D eigenvalue weighted by molar-refractivity contribution is 9.10. The van der Waals surface area contributed by atoms with Gasteiger partial charge < -0.3 is 16.0 Å². The molecule has 1 atom stereocenters. The number of rotatable bonds is 7. The molecule has 1 aromatic rings. The Bertz CT molecular complexity index is 482. The van der Waals surface area contributed by atoms with Gasteiger partial charge in [0.2, 0.25) is 0 Å². The Morgan fingerprint density at radius 3 is 2.75 bits per heavy atom. The molecule has 3 N–H and O–H groups in total. The maximum atomic E-state index is 14.1. The van der Waals surface area contributed by atoms with E-state index in [1.54, 1.807) is 12.1 Å². The number of nitrogens with two attached hydrogens (primary N) is 1. The summed E-state index contributed by atoms with van der Waals surface area (Å²) in [4.78, 5) is 2.42. The average molecular weight is 362 g/mol. The number of nitrogens with zero attached hydrogens (tertiary/aromatic N) is 1. The van der Waals surface area contributed by atoms with Gasteiger partial charge in [0.25, 0.3) is 0 Å². The van der Waals surface area contributed by atoms with Crippen molar-refractivity contribution in [2.24, 2.45) is 5.73 Å². The SMILES string of the molecule is CCC(C)N(C)CCNc1ccc(C(N)=S)c(Br)c1F. The summed E-state index contributed by atoms with van der Waals surface area (Å²) in [6.07, 6.45) is 1.10. The third-order valence-electron chi connectivity index (χ3n) is 3.47. The lowest BCUT2D eigenvalue weighted by Crippen LogP contribution is -2.32. The first kappa shape index (κ1) is 17.3. The van der Waals surface area contributed by atoms with Crippen LogP contribution in [0.2, 0.25) is 0 Å². The van der Waals surface area contributed by atoms with Crippen LogP contribution in [0, 0.1) is 5.82 Å². The number of hydrogen-bond acceptors (Lipinski definition) is 3. The largest absolute Gasteiger partial charge is 0.389 e. The minimum absolute atomic E-state index is 0.179. The first-order valence-electron chi connectivity index (χ1n) is 6.60. The third-order valence-corrected chi connectivity index (χ3v) is 4.47. The maximum absolute atomic E-state index is 14.1. The molecule has 0 aliphatic heterocycles. The summed E-state index contributed by atoms with van der Waals surface area (Å²) in [7, 11) is 2.07. The van der Waals surface area contributed by atoms with E-state index in [-0.39, 0.29) is 10.8 Å². The fourth-order valence-corrected chi connectivity index (χ4v) is 2.64. The van der Waals surface area contributed by atoms with Gasteiger partial charge in [-0.2, -0.15) is 0 Å². The second kappa shape index (κ2) is 7.90. The van der Waals surface area contributed by atoms with Gasteiger partial charge in [-0.05, 0) is 48.5 Å². The highest BCUT2D eigenvalue weighted by Gasteiger charge is 2.13. The third kappa shape index (κ3) is 4.40. The van der Waals surface area contributed by atoms with Crippen LogP contribution in [0.1, 0.15) is 25.8 Å². The Morgan fingerprint density at radius 1 is 1.55 bits per heavy atom. The fraction of sp³-hybridized carbons (Fsp3) is 0.500. The molecular formula is C14H21BrFN3S. The Labute approximate surface area is 133 Å². The number of likely N-dealkylation sites (N-methyl/N-ethyl adjacent to an activating group) is 1. The number of nitrogens with one attached hydrogen (secondary N) is 1. The van der Waals surface area contributed by atoms with Crippen LogP contribution >= 0.6 is 28.1 Å². The van der Waals surface area contributed by atoms with E-state index in [0.29, 0.717) is 28.3 Å². The van der Waals surface area contributed by atoms with Crippen LogP contribution in [0.5, 0.6) is 0 Å². The van der Waals surface area contributed by atoms with E-state index in [0.717, 1.165) is 13.0 Å². The van der Waals surface area contributed by atoms with Gasteiger partial charge in [-0.15, -0.1) is 0 Å². The van der Waals surface area contributed by atoms with E-state index in [1.807, 2.05) is 0 Å². The molecule has 0 spiro atoms. The zero-order valence-electron chi connectivity index (χ0n) is 12.0. The molecule has 0 fully saturated rings. The van der Waals surface area contributed by atoms with Gasteiger partial charge in [-0.25, -0.2) is 4.39 Å². The molecule has 0 amide bonds. The summed E-state index contributed by atoms with van der Waals surface area (Å²) < 4.78 is 14.4. The Morgan fingerprint density at radius 2 is 2.20 bits per heavy atom. The topological polar surface area (TPSA) is 41.3 Å². The lowest BCUT2D eigenvalue weighted by atomic mass is 10.2. The molecular weight excluding hydrogens is 341 g/mol. The lowest BCUT2D eigenvalue weighted by Gasteiger charge is -2.23. The van der Waals surface area contributed by atoms with Crippen molar-refractivity contribution in [3.63, 3.8) is 0 Å². The fourth-order valence-electron chi connectivity index (χ4n) is 1.78. The monoisotopic (exact) mass is 361 g/mol. The second-order valence-corrected chi connectivity index (χ2v) is 6.05. The zero-order valence-corrected chi connectivity index (χ0v) is 14.4. The van der Waals surface area contributed by atoms with Gasteiger partial charge in [0, 0.05) is 24.7 Å². The smallest absolute Gasteiger partial charge is 0.161 e. The molecule has 0 aliphatic carbocycles.